The quantitative estimate of drug-likeness (QED) is 0.357. The molecule has 0 aliphatic heterocycles. The molecule has 1 aliphatic rings. The Hall–Kier alpha value is -2.34. The van der Waals surface area contributed by atoms with E-state index in [1.165, 1.54) is 62.1 Å². The molecule has 0 bridgehead atoms. The lowest BCUT2D eigenvalue weighted by atomic mass is 9.77. The number of benzene rings is 3. The van der Waals surface area contributed by atoms with E-state index in [2.05, 4.69) is 132 Å². The Balaban J connectivity index is 0.000000214. The van der Waals surface area contributed by atoms with Gasteiger partial charge in [-0.1, -0.05) is 109 Å². The number of fused-ring (bicyclic) bond motifs is 3. The van der Waals surface area contributed by atoms with Crippen molar-refractivity contribution in [3.05, 3.63) is 93.0 Å². The zero-order chi connectivity index (χ0) is 26.3. The molecule has 0 nitrogen and oxygen atoms in total. The predicted molar refractivity (Wildman–Crippen MR) is 156 cm³/mol. The highest BCUT2D eigenvalue weighted by Gasteiger charge is 2.36. The molecule has 3 aromatic carbocycles. The van der Waals surface area contributed by atoms with Crippen LogP contribution >= 0.6 is 0 Å². The molecular weight excluding hydrogens is 420 g/mol. The Labute approximate surface area is 216 Å². The minimum absolute atomic E-state index is 0.108. The van der Waals surface area contributed by atoms with Gasteiger partial charge in [-0.2, -0.15) is 0 Å². The van der Waals surface area contributed by atoms with Crippen molar-refractivity contribution in [2.75, 3.05) is 0 Å². The van der Waals surface area contributed by atoms with Gasteiger partial charge in [-0.3, -0.25) is 0 Å². The topological polar surface area (TPSA) is 0 Å². The molecule has 4 rings (SSSR count). The Morgan fingerprint density at radius 2 is 1.11 bits per heavy atom. The lowest BCUT2D eigenvalue weighted by Crippen LogP contribution is -2.19. The normalized spacial score (nSPS) is 14.2. The summed E-state index contributed by atoms with van der Waals surface area (Å²) >= 11 is 0. The molecule has 3 aromatic rings. The van der Waals surface area contributed by atoms with Gasteiger partial charge in [0.15, 0.2) is 0 Å². The van der Waals surface area contributed by atoms with Crippen molar-refractivity contribution < 1.29 is 0 Å². The van der Waals surface area contributed by atoms with E-state index < -0.39 is 0 Å². The highest BCUT2D eigenvalue weighted by molar-refractivity contribution is 5.81. The molecule has 0 amide bonds. The SMILES string of the molecule is CCC(C)(C)c1cc(C)c(C)cc1C.CCC(C)(C)c1ccc2c(c1)C(C)(C)c1cc(C)ccc1-2. The molecule has 0 aromatic heterocycles. The van der Waals surface area contributed by atoms with Crippen molar-refractivity contribution in [3.8, 4) is 11.1 Å². The van der Waals surface area contributed by atoms with Crippen molar-refractivity contribution in [2.45, 2.75) is 112 Å². The monoisotopic (exact) mass is 468 g/mol. The van der Waals surface area contributed by atoms with Gasteiger partial charge >= 0.3 is 0 Å². The second-order valence-corrected chi connectivity index (χ2v) is 12.7. The predicted octanol–water partition coefficient (Wildman–Crippen LogP) is 10.3. The third kappa shape index (κ3) is 5.13. The molecule has 0 saturated carbocycles. The first-order chi connectivity index (χ1) is 16.2. The van der Waals surface area contributed by atoms with Crippen molar-refractivity contribution in [1.29, 1.82) is 0 Å². The highest BCUT2D eigenvalue weighted by Crippen LogP contribution is 2.50. The van der Waals surface area contributed by atoms with E-state index in [0.29, 0.717) is 5.41 Å². The van der Waals surface area contributed by atoms with Crippen LogP contribution in [-0.4, -0.2) is 0 Å². The number of aryl methyl sites for hydroxylation is 4. The van der Waals surface area contributed by atoms with Crippen LogP contribution in [-0.2, 0) is 16.2 Å². The summed E-state index contributed by atoms with van der Waals surface area (Å²) in [5.74, 6) is 0. The van der Waals surface area contributed by atoms with E-state index in [4.69, 9.17) is 0 Å². The average molecular weight is 469 g/mol. The second-order valence-electron chi connectivity index (χ2n) is 12.7. The molecule has 0 atom stereocenters. The zero-order valence-corrected chi connectivity index (χ0v) is 24.5. The molecule has 0 radical (unpaired) electrons. The molecule has 0 heteroatoms. The molecule has 0 heterocycles. The lowest BCUT2D eigenvalue weighted by Gasteiger charge is -2.27. The lowest BCUT2D eigenvalue weighted by molar-refractivity contribution is 0.503. The van der Waals surface area contributed by atoms with Crippen LogP contribution in [0.15, 0.2) is 48.5 Å². The largest absolute Gasteiger partial charge is 0.0646 e. The first-order valence-electron chi connectivity index (χ1n) is 13.5. The minimum Gasteiger partial charge on any atom is -0.0646 e. The van der Waals surface area contributed by atoms with Gasteiger partial charge in [-0.05, 0) is 101 Å². The van der Waals surface area contributed by atoms with Gasteiger partial charge < -0.3 is 0 Å². The number of hydrogen-bond donors (Lipinski definition) is 0. The third-order valence-electron chi connectivity index (χ3n) is 8.95. The van der Waals surface area contributed by atoms with Crippen LogP contribution in [0.25, 0.3) is 11.1 Å². The Bertz CT molecular complexity index is 1220. The molecule has 1 aliphatic carbocycles. The Morgan fingerprint density at radius 1 is 0.600 bits per heavy atom. The van der Waals surface area contributed by atoms with E-state index in [1.54, 1.807) is 0 Å². The summed E-state index contributed by atoms with van der Waals surface area (Å²) in [7, 11) is 0. The van der Waals surface area contributed by atoms with E-state index in [-0.39, 0.29) is 10.8 Å². The average Bonchev–Trinajstić information content (AvgIpc) is 3.02. The maximum atomic E-state index is 2.45. The van der Waals surface area contributed by atoms with Crippen LogP contribution in [0.3, 0.4) is 0 Å². The fourth-order valence-electron chi connectivity index (χ4n) is 5.36. The smallest absolute Gasteiger partial charge is 0.0159 e. The molecule has 0 fully saturated rings. The summed E-state index contributed by atoms with van der Waals surface area (Å²) in [5.41, 5.74) is 15.0. The van der Waals surface area contributed by atoms with Gasteiger partial charge in [-0.25, -0.2) is 0 Å². The minimum atomic E-state index is 0.108. The van der Waals surface area contributed by atoms with Crippen LogP contribution in [0.4, 0.5) is 0 Å². The van der Waals surface area contributed by atoms with Crippen LogP contribution < -0.4 is 0 Å². The molecule has 0 spiro atoms. The molecule has 188 valence electrons. The van der Waals surface area contributed by atoms with Crippen LogP contribution in [0.2, 0.25) is 0 Å². The Morgan fingerprint density at radius 3 is 1.69 bits per heavy atom. The van der Waals surface area contributed by atoms with E-state index in [1.807, 2.05) is 0 Å². The van der Waals surface area contributed by atoms with Gasteiger partial charge in [0.05, 0.1) is 0 Å². The number of hydrogen-bond acceptors (Lipinski definition) is 0. The van der Waals surface area contributed by atoms with E-state index >= 15 is 0 Å². The van der Waals surface area contributed by atoms with Gasteiger partial charge in [0, 0.05) is 5.41 Å². The van der Waals surface area contributed by atoms with Crippen molar-refractivity contribution >= 4 is 0 Å². The van der Waals surface area contributed by atoms with Gasteiger partial charge in [0.1, 0.15) is 0 Å². The van der Waals surface area contributed by atoms with Crippen molar-refractivity contribution in [1.82, 2.24) is 0 Å². The Kier molecular flexibility index (Phi) is 7.48. The van der Waals surface area contributed by atoms with E-state index in [0.717, 1.165) is 6.42 Å². The first kappa shape index (κ1) is 27.3. The fourth-order valence-corrected chi connectivity index (χ4v) is 5.36. The van der Waals surface area contributed by atoms with Crippen LogP contribution in [0.1, 0.15) is 113 Å². The zero-order valence-electron chi connectivity index (χ0n) is 24.5. The van der Waals surface area contributed by atoms with Crippen molar-refractivity contribution in [2.24, 2.45) is 0 Å². The highest BCUT2D eigenvalue weighted by atomic mass is 14.4. The van der Waals surface area contributed by atoms with Gasteiger partial charge in [0.2, 0.25) is 0 Å². The maximum Gasteiger partial charge on any atom is 0.0159 e. The molecular formula is C35H48. The summed E-state index contributed by atoms with van der Waals surface area (Å²) in [5, 5.41) is 0. The molecule has 0 saturated heterocycles. The second kappa shape index (κ2) is 9.61. The summed E-state index contributed by atoms with van der Waals surface area (Å²) in [6, 6.07) is 18.7. The summed E-state index contributed by atoms with van der Waals surface area (Å²) < 4.78 is 0. The fraction of sp³-hybridized carbons (Fsp3) is 0.486. The summed E-state index contributed by atoms with van der Waals surface area (Å²) in [6.45, 7) is 27.4. The van der Waals surface area contributed by atoms with Gasteiger partial charge in [-0.15, -0.1) is 0 Å². The third-order valence-corrected chi connectivity index (χ3v) is 8.95. The van der Waals surface area contributed by atoms with Crippen molar-refractivity contribution in [3.63, 3.8) is 0 Å². The summed E-state index contributed by atoms with van der Waals surface area (Å²) in [6.07, 6.45) is 2.36. The molecule has 0 unspecified atom stereocenters. The first-order valence-corrected chi connectivity index (χ1v) is 13.5. The van der Waals surface area contributed by atoms with Crippen LogP contribution in [0, 0.1) is 27.7 Å². The standard InChI is InChI=1S/C21H26.C14H22/c1-7-20(3,4)15-9-11-17-16-10-8-14(2)12-18(16)21(5,6)19(17)13-15;1-7-14(5,6)13-9-11(3)10(2)8-12(13)4/h8-13H,7H2,1-6H3;8-9H,7H2,1-6H3. The molecule has 35 heavy (non-hydrogen) atoms. The maximum absolute atomic E-state index is 2.45. The van der Waals surface area contributed by atoms with E-state index in [9.17, 15) is 0 Å². The number of rotatable bonds is 4. The summed E-state index contributed by atoms with van der Waals surface area (Å²) in [4.78, 5) is 0. The van der Waals surface area contributed by atoms with Crippen LogP contribution in [0.5, 0.6) is 0 Å². The van der Waals surface area contributed by atoms with Gasteiger partial charge in [0.25, 0.3) is 0 Å². The molecule has 0 N–H and O–H groups in total.